The van der Waals surface area contributed by atoms with Crippen LogP contribution in [0.5, 0.6) is 0 Å². The quantitative estimate of drug-likeness (QED) is 0.722. The van der Waals surface area contributed by atoms with Crippen LogP contribution >= 0.6 is 11.3 Å². The molecule has 0 unspecified atom stereocenters. The van der Waals surface area contributed by atoms with E-state index in [0.717, 1.165) is 30.3 Å². The SMILES string of the molecule is C=CCN(C)Cc1csc(CNC)n1. The molecular formula is C10H17N3S. The number of nitrogens with zero attached hydrogens (tertiary/aromatic N) is 2. The van der Waals surface area contributed by atoms with Crippen molar-refractivity contribution in [1.29, 1.82) is 0 Å². The fraction of sp³-hybridized carbons (Fsp3) is 0.500. The van der Waals surface area contributed by atoms with E-state index in [1.165, 1.54) is 0 Å². The van der Waals surface area contributed by atoms with Crippen LogP contribution in [-0.2, 0) is 13.1 Å². The maximum Gasteiger partial charge on any atom is 0.107 e. The van der Waals surface area contributed by atoms with Crippen molar-refractivity contribution >= 4 is 11.3 Å². The molecule has 1 rings (SSSR count). The first-order valence-corrected chi connectivity index (χ1v) is 5.51. The van der Waals surface area contributed by atoms with Crippen molar-refractivity contribution in [3.05, 3.63) is 28.7 Å². The van der Waals surface area contributed by atoms with E-state index in [4.69, 9.17) is 0 Å². The molecule has 3 nitrogen and oxygen atoms in total. The van der Waals surface area contributed by atoms with E-state index >= 15 is 0 Å². The third-order valence-electron chi connectivity index (χ3n) is 1.80. The largest absolute Gasteiger partial charge is 0.314 e. The number of hydrogen-bond acceptors (Lipinski definition) is 4. The van der Waals surface area contributed by atoms with Gasteiger partial charge in [-0.25, -0.2) is 4.98 Å². The van der Waals surface area contributed by atoms with Crippen LogP contribution in [0, 0.1) is 0 Å². The summed E-state index contributed by atoms with van der Waals surface area (Å²) in [5, 5.41) is 6.36. The van der Waals surface area contributed by atoms with Gasteiger partial charge in [0.15, 0.2) is 0 Å². The van der Waals surface area contributed by atoms with Crippen LogP contribution in [0.2, 0.25) is 0 Å². The van der Waals surface area contributed by atoms with Crippen LogP contribution in [0.4, 0.5) is 0 Å². The molecule has 78 valence electrons. The van der Waals surface area contributed by atoms with E-state index in [2.05, 4.69) is 34.2 Å². The van der Waals surface area contributed by atoms with Gasteiger partial charge in [-0.2, -0.15) is 0 Å². The molecule has 1 N–H and O–H groups in total. The number of hydrogen-bond donors (Lipinski definition) is 1. The zero-order valence-corrected chi connectivity index (χ0v) is 9.60. The van der Waals surface area contributed by atoms with Gasteiger partial charge in [0.05, 0.1) is 5.69 Å². The highest BCUT2D eigenvalue weighted by molar-refractivity contribution is 7.09. The van der Waals surface area contributed by atoms with E-state index < -0.39 is 0 Å². The molecular weight excluding hydrogens is 194 g/mol. The van der Waals surface area contributed by atoms with Gasteiger partial charge in [0.1, 0.15) is 5.01 Å². The van der Waals surface area contributed by atoms with Gasteiger partial charge in [-0.3, -0.25) is 4.90 Å². The molecule has 1 aromatic rings. The van der Waals surface area contributed by atoms with Crippen LogP contribution in [0.15, 0.2) is 18.0 Å². The van der Waals surface area contributed by atoms with E-state index in [9.17, 15) is 0 Å². The Kier molecular flexibility index (Phi) is 4.79. The second-order valence-corrected chi connectivity index (χ2v) is 4.19. The van der Waals surface area contributed by atoms with Gasteiger partial charge in [0.25, 0.3) is 0 Å². The summed E-state index contributed by atoms with van der Waals surface area (Å²) >= 11 is 1.71. The monoisotopic (exact) mass is 211 g/mol. The Bertz CT molecular complexity index is 283. The fourth-order valence-electron chi connectivity index (χ4n) is 1.22. The van der Waals surface area contributed by atoms with Crippen molar-refractivity contribution in [3.8, 4) is 0 Å². The standard InChI is InChI=1S/C10H17N3S/c1-4-5-13(3)7-9-8-14-10(12-9)6-11-2/h4,8,11H,1,5-7H2,2-3H3. The fourth-order valence-corrected chi connectivity index (χ4v) is 2.01. The number of nitrogens with one attached hydrogen (secondary N) is 1. The molecule has 0 bridgehead atoms. The highest BCUT2D eigenvalue weighted by atomic mass is 32.1. The molecule has 0 amide bonds. The second-order valence-electron chi connectivity index (χ2n) is 3.25. The minimum absolute atomic E-state index is 0.857. The number of aromatic nitrogens is 1. The van der Waals surface area contributed by atoms with Crippen molar-refractivity contribution < 1.29 is 0 Å². The maximum atomic E-state index is 4.50. The van der Waals surface area contributed by atoms with Crippen LogP contribution in [0.1, 0.15) is 10.7 Å². The molecule has 4 heteroatoms. The summed E-state index contributed by atoms with van der Waals surface area (Å²) in [4.78, 5) is 6.69. The molecule has 0 aliphatic carbocycles. The Morgan fingerprint density at radius 2 is 2.50 bits per heavy atom. The minimum Gasteiger partial charge on any atom is -0.314 e. The lowest BCUT2D eigenvalue weighted by molar-refractivity contribution is 0.359. The Morgan fingerprint density at radius 1 is 1.71 bits per heavy atom. The average molecular weight is 211 g/mol. The van der Waals surface area contributed by atoms with Crippen molar-refractivity contribution in [2.45, 2.75) is 13.1 Å². The Hall–Kier alpha value is -0.710. The Labute approximate surface area is 89.5 Å². The number of thiazole rings is 1. The van der Waals surface area contributed by atoms with Crippen molar-refractivity contribution in [2.75, 3.05) is 20.6 Å². The third kappa shape index (κ3) is 3.57. The van der Waals surface area contributed by atoms with Crippen LogP contribution in [0.3, 0.4) is 0 Å². The van der Waals surface area contributed by atoms with Crippen molar-refractivity contribution in [1.82, 2.24) is 15.2 Å². The Balaban J connectivity index is 2.46. The van der Waals surface area contributed by atoms with E-state index in [1.54, 1.807) is 11.3 Å². The smallest absolute Gasteiger partial charge is 0.107 e. The van der Waals surface area contributed by atoms with Gasteiger partial charge in [0, 0.05) is 25.0 Å². The summed E-state index contributed by atoms with van der Waals surface area (Å²) in [6, 6.07) is 0. The molecule has 0 fully saturated rings. The van der Waals surface area contributed by atoms with Crippen LogP contribution in [0.25, 0.3) is 0 Å². The first-order chi connectivity index (χ1) is 6.76. The molecule has 14 heavy (non-hydrogen) atoms. The molecule has 0 radical (unpaired) electrons. The topological polar surface area (TPSA) is 28.2 Å². The van der Waals surface area contributed by atoms with Crippen LogP contribution < -0.4 is 5.32 Å². The predicted molar refractivity (Wildman–Crippen MR) is 61.4 cm³/mol. The summed E-state index contributed by atoms with van der Waals surface area (Å²) in [5.74, 6) is 0. The number of rotatable bonds is 6. The van der Waals surface area contributed by atoms with E-state index in [0.29, 0.717) is 0 Å². The van der Waals surface area contributed by atoms with Gasteiger partial charge in [-0.15, -0.1) is 17.9 Å². The average Bonchev–Trinajstić information content (AvgIpc) is 2.53. The zero-order valence-electron chi connectivity index (χ0n) is 8.79. The van der Waals surface area contributed by atoms with E-state index in [-0.39, 0.29) is 0 Å². The van der Waals surface area contributed by atoms with Gasteiger partial charge in [0.2, 0.25) is 0 Å². The molecule has 0 saturated heterocycles. The summed E-state index contributed by atoms with van der Waals surface area (Å²) in [6.07, 6.45) is 1.90. The molecule has 0 atom stereocenters. The summed E-state index contributed by atoms with van der Waals surface area (Å²) < 4.78 is 0. The predicted octanol–water partition coefficient (Wildman–Crippen LogP) is 1.48. The highest BCUT2D eigenvalue weighted by Crippen LogP contribution is 2.10. The van der Waals surface area contributed by atoms with Crippen molar-refractivity contribution in [3.63, 3.8) is 0 Å². The molecule has 1 heterocycles. The first kappa shape index (κ1) is 11.4. The minimum atomic E-state index is 0.857. The summed E-state index contributed by atoms with van der Waals surface area (Å²) in [5.41, 5.74) is 1.14. The first-order valence-electron chi connectivity index (χ1n) is 4.63. The van der Waals surface area contributed by atoms with Crippen LogP contribution in [-0.4, -0.2) is 30.5 Å². The number of likely N-dealkylation sites (N-methyl/N-ethyl adjacent to an activating group) is 1. The van der Waals surface area contributed by atoms with Gasteiger partial charge in [-0.05, 0) is 14.1 Å². The highest BCUT2D eigenvalue weighted by Gasteiger charge is 2.03. The molecule has 1 aromatic heterocycles. The van der Waals surface area contributed by atoms with Gasteiger partial charge < -0.3 is 5.32 Å². The lowest BCUT2D eigenvalue weighted by atomic mass is 10.4. The molecule has 0 spiro atoms. The van der Waals surface area contributed by atoms with Gasteiger partial charge in [-0.1, -0.05) is 6.08 Å². The summed E-state index contributed by atoms with van der Waals surface area (Å²) in [7, 11) is 4.00. The summed E-state index contributed by atoms with van der Waals surface area (Å²) in [6.45, 7) is 6.36. The molecule has 0 aromatic carbocycles. The maximum absolute atomic E-state index is 4.50. The zero-order chi connectivity index (χ0) is 10.4. The normalized spacial score (nSPS) is 10.8. The van der Waals surface area contributed by atoms with E-state index in [1.807, 2.05) is 13.1 Å². The van der Waals surface area contributed by atoms with Crippen molar-refractivity contribution in [2.24, 2.45) is 0 Å². The molecule has 0 aliphatic rings. The molecule has 0 saturated carbocycles. The third-order valence-corrected chi connectivity index (χ3v) is 2.70. The lowest BCUT2D eigenvalue weighted by Gasteiger charge is -2.11. The van der Waals surface area contributed by atoms with Gasteiger partial charge >= 0.3 is 0 Å². The second kappa shape index (κ2) is 5.90. The lowest BCUT2D eigenvalue weighted by Crippen LogP contribution is -2.17. The molecule has 0 aliphatic heterocycles. The Morgan fingerprint density at radius 3 is 3.14 bits per heavy atom.